The number of nitrogens with zero attached hydrogens (tertiary/aromatic N) is 2. The second-order valence-corrected chi connectivity index (χ2v) is 8.22. The Morgan fingerprint density at radius 3 is 1.67 bits per heavy atom. The van der Waals surface area contributed by atoms with E-state index in [1.807, 2.05) is 0 Å². The van der Waals surface area contributed by atoms with E-state index in [4.69, 9.17) is 4.84 Å². The van der Waals surface area contributed by atoms with Crippen molar-refractivity contribution in [3.05, 3.63) is 70.8 Å². The van der Waals surface area contributed by atoms with Crippen LogP contribution >= 0.6 is 0 Å². The van der Waals surface area contributed by atoms with Crippen molar-refractivity contribution in [3.63, 3.8) is 0 Å². The molecule has 0 aromatic heterocycles. The molecule has 4 atom stereocenters. The summed E-state index contributed by atoms with van der Waals surface area (Å²) in [6.07, 6.45) is 3.63. The van der Waals surface area contributed by atoms with E-state index in [-0.39, 0.29) is 0 Å². The molecule has 2 aromatic carbocycles. The lowest BCUT2D eigenvalue weighted by Gasteiger charge is -2.52. The summed E-state index contributed by atoms with van der Waals surface area (Å²) in [7, 11) is 3.98. The fraction of sp³-hybridized carbons (Fsp3) is 0.458. The number of benzene rings is 2. The van der Waals surface area contributed by atoms with Crippen LogP contribution in [0.3, 0.4) is 0 Å². The van der Waals surface area contributed by atoms with Gasteiger partial charge in [-0.1, -0.05) is 71.2 Å². The van der Waals surface area contributed by atoms with Crippen LogP contribution in [0.2, 0.25) is 0 Å². The van der Waals surface area contributed by atoms with Gasteiger partial charge in [-0.05, 0) is 44.9 Å². The molecule has 0 unspecified atom stereocenters. The minimum atomic E-state index is 0.336. The Bertz CT molecular complexity index is 746. The molecule has 3 nitrogen and oxygen atoms in total. The van der Waals surface area contributed by atoms with Crippen LogP contribution in [0.4, 0.5) is 0 Å². The lowest BCUT2D eigenvalue weighted by Crippen LogP contribution is -2.51. The molecule has 2 aromatic rings. The third-order valence-corrected chi connectivity index (χ3v) is 6.46. The van der Waals surface area contributed by atoms with Crippen LogP contribution in [-0.2, 0) is 4.84 Å². The Kier molecular flexibility index (Phi) is 5.05. The summed E-state index contributed by atoms with van der Waals surface area (Å²) in [6.45, 7) is 4.30. The van der Waals surface area contributed by atoms with E-state index in [0.717, 1.165) is 0 Å². The summed E-state index contributed by atoms with van der Waals surface area (Å²) in [4.78, 5) is 7.92. The molecular formula is C24H30N2O. The van der Waals surface area contributed by atoms with Crippen molar-refractivity contribution in [2.24, 2.45) is 17.0 Å². The first-order valence-corrected chi connectivity index (χ1v) is 10.1. The molecule has 27 heavy (non-hydrogen) atoms. The van der Waals surface area contributed by atoms with Crippen molar-refractivity contribution in [2.45, 2.75) is 45.2 Å². The van der Waals surface area contributed by atoms with Gasteiger partial charge in [0, 0.05) is 23.9 Å². The van der Waals surface area contributed by atoms with Gasteiger partial charge in [0.25, 0.3) is 0 Å². The fourth-order valence-electron chi connectivity index (χ4n) is 5.21. The van der Waals surface area contributed by atoms with E-state index in [1.165, 1.54) is 47.2 Å². The third-order valence-electron chi connectivity index (χ3n) is 6.46. The van der Waals surface area contributed by atoms with E-state index in [1.54, 1.807) is 7.11 Å². The highest BCUT2D eigenvalue weighted by atomic mass is 16.6. The zero-order chi connectivity index (χ0) is 19.0. The number of fused-ring (bicyclic) bond motifs is 2. The molecule has 142 valence electrons. The molecule has 4 rings (SSSR count). The van der Waals surface area contributed by atoms with Crippen LogP contribution in [0.1, 0.15) is 53.6 Å². The molecule has 3 heteroatoms. The fourth-order valence-corrected chi connectivity index (χ4v) is 5.21. The minimum Gasteiger partial charge on any atom is -0.399 e. The van der Waals surface area contributed by atoms with Gasteiger partial charge in [0.2, 0.25) is 0 Å². The highest BCUT2D eigenvalue weighted by Gasteiger charge is 2.48. The largest absolute Gasteiger partial charge is 0.399 e. The van der Waals surface area contributed by atoms with E-state index in [9.17, 15) is 0 Å². The van der Waals surface area contributed by atoms with Gasteiger partial charge in [-0.15, -0.1) is 0 Å². The quantitative estimate of drug-likeness (QED) is 0.678. The summed E-state index contributed by atoms with van der Waals surface area (Å²) in [5.74, 6) is 0.858. The van der Waals surface area contributed by atoms with Crippen LogP contribution in [0, 0.1) is 25.7 Å². The van der Waals surface area contributed by atoms with Gasteiger partial charge >= 0.3 is 0 Å². The first kappa shape index (κ1) is 18.2. The lowest BCUT2D eigenvalue weighted by molar-refractivity contribution is 0.0609. The number of aryl methyl sites for hydroxylation is 2. The second-order valence-electron chi connectivity index (χ2n) is 8.22. The zero-order valence-electron chi connectivity index (χ0n) is 16.9. The van der Waals surface area contributed by atoms with Gasteiger partial charge in [0.05, 0.1) is 5.71 Å². The summed E-state index contributed by atoms with van der Waals surface area (Å²) in [5, 5.41) is 4.58. The first-order valence-electron chi connectivity index (χ1n) is 10.1. The molecule has 1 aliphatic heterocycles. The van der Waals surface area contributed by atoms with E-state index in [2.05, 4.69) is 79.5 Å². The van der Waals surface area contributed by atoms with Gasteiger partial charge in [-0.3, -0.25) is 4.90 Å². The van der Waals surface area contributed by atoms with Crippen molar-refractivity contribution >= 4 is 5.71 Å². The average molecular weight is 363 g/mol. The predicted octanol–water partition coefficient (Wildman–Crippen LogP) is 5.45. The molecule has 2 aliphatic rings. The van der Waals surface area contributed by atoms with Crippen molar-refractivity contribution < 1.29 is 4.84 Å². The molecule has 1 saturated heterocycles. The van der Waals surface area contributed by atoms with Crippen molar-refractivity contribution in [1.82, 2.24) is 4.90 Å². The average Bonchev–Trinajstić information content (AvgIpc) is 2.66. The normalized spacial score (nSPS) is 29.7. The van der Waals surface area contributed by atoms with Crippen LogP contribution in [-0.4, -0.2) is 24.8 Å². The first-order chi connectivity index (χ1) is 13.1. The number of rotatable bonds is 3. The number of oxime groups is 1. The smallest absolute Gasteiger partial charge is 0.106 e. The predicted molar refractivity (Wildman–Crippen MR) is 111 cm³/mol. The Labute approximate surface area is 163 Å². The molecule has 2 bridgehead atoms. The highest BCUT2D eigenvalue weighted by Crippen LogP contribution is 2.51. The van der Waals surface area contributed by atoms with Crippen LogP contribution in [0.15, 0.2) is 53.7 Å². The topological polar surface area (TPSA) is 24.8 Å². The maximum absolute atomic E-state index is 5.33. The highest BCUT2D eigenvalue weighted by molar-refractivity contribution is 5.91. The Balaban J connectivity index is 1.82. The standard InChI is InChI=1S/C24H30N2O/c1-16-8-12-18(13-9-16)23-20-6-5-7-21(22(20)25-27-4)24(26(23)3)19-14-10-17(2)11-15-19/h8-15,20-21,23-24H,5-7H2,1-4H3/t20-,21+,23-,24+. The van der Waals surface area contributed by atoms with Gasteiger partial charge < -0.3 is 4.84 Å². The van der Waals surface area contributed by atoms with Gasteiger partial charge in [0.15, 0.2) is 0 Å². The van der Waals surface area contributed by atoms with E-state index < -0.39 is 0 Å². The SMILES string of the molecule is CON=C1[C@H]2CCC[C@@H]1[C@H](c1ccc(C)cc1)N(C)[C@@H]2c1ccc(C)cc1. The Morgan fingerprint density at radius 2 is 1.26 bits per heavy atom. The van der Waals surface area contributed by atoms with Gasteiger partial charge in [-0.25, -0.2) is 0 Å². The minimum absolute atomic E-state index is 0.336. The third kappa shape index (κ3) is 3.29. The summed E-state index contributed by atoms with van der Waals surface area (Å²) < 4.78 is 0. The summed E-state index contributed by atoms with van der Waals surface area (Å²) >= 11 is 0. The second kappa shape index (κ2) is 7.47. The van der Waals surface area contributed by atoms with E-state index >= 15 is 0 Å². The molecule has 1 saturated carbocycles. The number of hydrogen-bond acceptors (Lipinski definition) is 3. The number of likely N-dealkylation sites (tertiary alicyclic amines) is 1. The maximum Gasteiger partial charge on any atom is 0.106 e. The molecular weight excluding hydrogens is 332 g/mol. The molecule has 1 aliphatic carbocycles. The molecule has 0 radical (unpaired) electrons. The maximum atomic E-state index is 5.33. The molecule has 0 N–H and O–H groups in total. The molecule has 1 heterocycles. The van der Waals surface area contributed by atoms with Crippen LogP contribution in [0.5, 0.6) is 0 Å². The number of piperidine rings is 1. The number of hydrogen-bond donors (Lipinski definition) is 0. The van der Waals surface area contributed by atoms with E-state index in [0.29, 0.717) is 23.9 Å². The zero-order valence-corrected chi connectivity index (χ0v) is 16.9. The lowest BCUT2D eigenvalue weighted by atomic mass is 9.66. The summed E-state index contributed by atoms with van der Waals surface area (Å²) in [6, 6.07) is 18.8. The molecule has 0 amide bonds. The molecule has 0 spiro atoms. The monoisotopic (exact) mass is 362 g/mol. The van der Waals surface area contributed by atoms with Crippen LogP contribution in [0.25, 0.3) is 0 Å². The summed E-state index contributed by atoms with van der Waals surface area (Å²) in [5.41, 5.74) is 6.64. The van der Waals surface area contributed by atoms with Crippen molar-refractivity contribution in [1.29, 1.82) is 0 Å². The Morgan fingerprint density at radius 1 is 0.815 bits per heavy atom. The van der Waals surface area contributed by atoms with Crippen molar-refractivity contribution in [2.75, 3.05) is 14.2 Å². The van der Waals surface area contributed by atoms with Crippen molar-refractivity contribution in [3.8, 4) is 0 Å². The van der Waals surface area contributed by atoms with Gasteiger partial charge in [-0.2, -0.15) is 0 Å². The molecule has 2 fully saturated rings. The Hall–Kier alpha value is -2.13. The van der Waals surface area contributed by atoms with Crippen LogP contribution < -0.4 is 0 Å². The van der Waals surface area contributed by atoms with Gasteiger partial charge in [0.1, 0.15) is 7.11 Å².